The number of nitrogens with zero attached hydrogens (tertiary/aromatic N) is 1. The molecule has 0 saturated carbocycles. The summed E-state index contributed by atoms with van der Waals surface area (Å²) in [5.74, 6) is 1.22. The molecule has 1 spiro atoms. The molecule has 0 aromatic heterocycles. The average Bonchev–Trinajstić information content (AvgIpc) is 2.95. The number of aliphatic hydroxyl groups is 1. The van der Waals surface area contributed by atoms with Crippen LogP contribution in [0.5, 0.6) is 11.5 Å². The summed E-state index contributed by atoms with van der Waals surface area (Å²) >= 11 is 0. The van der Waals surface area contributed by atoms with Gasteiger partial charge < -0.3 is 14.6 Å². The van der Waals surface area contributed by atoms with Gasteiger partial charge in [-0.3, -0.25) is 9.69 Å². The standard InChI is InChI=1S/C18H19NO4.ClHO4/c1-19-8-7-17-14-10-3-4-12(22-2)15(14)23-16(17)11(20)5-6-18(17,21)13(19)9-10;2-1(3,4)5/h3-6,13,16,21H,7-9H2,1-2H3;(H,2,3,4,5)/t13-,16+,17+,18-;/m1./s1. The van der Waals surface area contributed by atoms with Gasteiger partial charge in [-0.2, -0.15) is 14.0 Å². The SMILES string of the molecule is COc1ccc2c3c1O[C@H]1C(=O)C=C[C@@]4(O)[C@@H](C2)N(C)CC[C@]314.[O-][Cl+3]([O-])([O-])O. The molecule has 0 unspecified atom stereocenters. The number of likely N-dealkylation sites (tertiary alicyclic amines) is 1. The van der Waals surface area contributed by atoms with Crippen LogP contribution in [-0.4, -0.2) is 58.9 Å². The van der Waals surface area contributed by atoms with Crippen LogP contribution in [0.1, 0.15) is 17.5 Å². The number of rotatable bonds is 1. The first-order valence-electron chi connectivity index (χ1n) is 8.69. The van der Waals surface area contributed by atoms with E-state index in [1.54, 1.807) is 13.2 Å². The first kappa shape index (κ1) is 19.6. The van der Waals surface area contributed by atoms with E-state index in [0.717, 1.165) is 24.1 Å². The van der Waals surface area contributed by atoms with Gasteiger partial charge in [-0.15, -0.1) is 0 Å². The number of hydrogen-bond donors (Lipinski definition) is 2. The van der Waals surface area contributed by atoms with Crippen LogP contribution in [0.4, 0.5) is 0 Å². The van der Waals surface area contributed by atoms with E-state index in [0.29, 0.717) is 17.9 Å². The molecule has 2 aliphatic heterocycles. The third kappa shape index (κ3) is 2.52. The number of methoxy groups -OCH3 is 1. The maximum absolute atomic E-state index is 12.6. The Labute approximate surface area is 163 Å². The highest BCUT2D eigenvalue weighted by atomic mass is 35.7. The maximum Gasteiger partial charge on any atom is 0.196 e. The Morgan fingerprint density at radius 1 is 1.36 bits per heavy atom. The van der Waals surface area contributed by atoms with E-state index < -0.39 is 27.4 Å². The highest BCUT2D eigenvalue weighted by Crippen LogP contribution is 2.63. The molecule has 5 rings (SSSR count). The fourth-order valence-electron chi connectivity index (χ4n) is 5.28. The van der Waals surface area contributed by atoms with E-state index in [-0.39, 0.29) is 11.8 Å². The van der Waals surface area contributed by atoms with Crippen molar-refractivity contribution in [2.24, 2.45) is 0 Å². The summed E-state index contributed by atoms with van der Waals surface area (Å²) in [6.45, 7) is 0.837. The molecule has 2 N–H and O–H groups in total. The number of ketones is 1. The van der Waals surface area contributed by atoms with Crippen molar-refractivity contribution in [2.75, 3.05) is 20.7 Å². The first-order valence-corrected chi connectivity index (χ1v) is 9.95. The van der Waals surface area contributed by atoms with Crippen molar-refractivity contribution >= 4 is 5.78 Å². The monoisotopic (exact) mass is 413 g/mol. The largest absolute Gasteiger partial charge is 0.493 e. The van der Waals surface area contributed by atoms with Gasteiger partial charge in [0, 0.05) is 11.6 Å². The van der Waals surface area contributed by atoms with Gasteiger partial charge in [0.05, 0.1) is 27.4 Å². The van der Waals surface area contributed by atoms with Gasteiger partial charge in [-0.25, -0.2) is 0 Å². The van der Waals surface area contributed by atoms with E-state index in [1.807, 2.05) is 13.1 Å². The second kappa shape index (κ2) is 6.14. The van der Waals surface area contributed by atoms with Crippen LogP contribution in [0.3, 0.4) is 0 Å². The van der Waals surface area contributed by atoms with E-state index in [1.165, 1.54) is 6.08 Å². The van der Waals surface area contributed by atoms with Crippen LogP contribution >= 0.6 is 0 Å². The summed E-state index contributed by atoms with van der Waals surface area (Å²) < 4.78 is 44.3. The Kier molecular flexibility index (Phi) is 4.29. The van der Waals surface area contributed by atoms with Crippen molar-refractivity contribution in [3.05, 3.63) is 35.4 Å². The Hall–Kier alpha value is -1.72. The van der Waals surface area contributed by atoms with E-state index in [4.69, 9.17) is 28.1 Å². The van der Waals surface area contributed by atoms with Crippen molar-refractivity contribution in [2.45, 2.75) is 36.0 Å². The van der Waals surface area contributed by atoms with Crippen LogP contribution in [-0.2, 0) is 16.6 Å². The number of ether oxygens (including phenoxy) is 2. The molecule has 2 heterocycles. The fraction of sp³-hybridized carbons (Fsp3) is 0.500. The van der Waals surface area contributed by atoms with E-state index in [2.05, 4.69) is 11.0 Å². The Morgan fingerprint density at radius 3 is 2.68 bits per heavy atom. The lowest BCUT2D eigenvalue weighted by atomic mass is 9.51. The second-order valence-electron chi connectivity index (χ2n) is 7.51. The maximum atomic E-state index is 12.6. The number of benzene rings is 1. The van der Waals surface area contributed by atoms with Crippen molar-refractivity contribution < 1.29 is 48.3 Å². The number of carbonyl (C=O) groups is 1. The number of carbonyl (C=O) groups excluding carboxylic acids is 1. The van der Waals surface area contributed by atoms with Gasteiger partial charge >= 0.3 is 0 Å². The summed E-state index contributed by atoms with van der Waals surface area (Å²) in [7, 11) is -1.05. The highest BCUT2D eigenvalue weighted by Gasteiger charge is 2.71. The van der Waals surface area contributed by atoms with E-state index >= 15 is 0 Å². The molecule has 28 heavy (non-hydrogen) atoms. The van der Waals surface area contributed by atoms with Crippen LogP contribution in [0.15, 0.2) is 24.3 Å². The molecule has 2 bridgehead atoms. The quantitative estimate of drug-likeness (QED) is 0.482. The summed E-state index contributed by atoms with van der Waals surface area (Å²) in [6.07, 6.45) is 4.00. The Bertz CT molecular complexity index is 862. The minimum absolute atomic E-state index is 0.0430. The summed E-state index contributed by atoms with van der Waals surface area (Å²) in [6, 6.07) is 3.92. The van der Waals surface area contributed by atoms with Gasteiger partial charge in [-0.05, 0) is 50.2 Å². The van der Waals surface area contributed by atoms with Crippen LogP contribution < -0.4 is 23.5 Å². The number of likely N-dealkylation sites (N-methyl/N-ethyl adjacent to an activating group) is 1. The molecule has 4 atom stereocenters. The van der Waals surface area contributed by atoms with Gasteiger partial charge in [0.15, 0.2) is 23.4 Å². The molecule has 1 fully saturated rings. The second-order valence-corrected chi connectivity index (χ2v) is 8.30. The molecule has 4 aliphatic rings. The van der Waals surface area contributed by atoms with Crippen molar-refractivity contribution in [3.8, 4) is 11.5 Å². The predicted molar refractivity (Wildman–Crippen MR) is 85.1 cm³/mol. The van der Waals surface area contributed by atoms with Crippen molar-refractivity contribution in [1.29, 1.82) is 0 Å². The number of halogens is 1. The lowest BCUT2D eigenvalue weighted by Gasteiger charge is -2.60. The average molecular weight is 414 g/mol. The zero-order valence-electron chi connectivity index (χ0n) is 15.3. The third-order valence-electron chi connectivity index (χ3n) is 6.34. The summed E-state index contributed by atoms with van der Waals surface area (Å²) in [5, 5.41) is 11.7. The van der Waals surface area contributed by atoms with Gasteiger partial charge in [0.1, 0.15) is 5.60 Å². The fourth-order valence-corrected chi connectivity index (χ4v) is 5.28. The molecule has 152 valence electrons. The molecule has 1 aromatic carbocycles. The molecular weight excluding hydrogens is 394 g/mol. The predicted octanol–water partition coefficient (Wildman–Crippen LogP) is -3.30. The van der Waals surface area contributed by atoms with Gasteiger partial charge in [-0.1, -0.05) is 6.07 Å². The normalized spacial score (nSPS) is 34.9. The van der Waals surface area contributed by atoms with Crippen molar-refractivity contribution in [1.82, 2.24) is 4.90 Å². The van der Waals surface area contributed by atoms with Gasteiger partial charge in [0.25, 0.3) is 0 Å². The summed E-state index contributed by atoms with van der Waals surface area (Å²) in [4.78, 5) is 14.8. The molecule has 1 aromatic rings. The topological polar surface area (TPSA) is 148 Å². The smallest absolute Gasteiger partial charge is 0.196 e. The van der Waals surface area contributed by atoms with Crippen LogP contribution in [0.25, 0.3) is 0 Å². The van der Waals surface area contributed by atoms with Gasteiger partial charge in [0.2, 0.25) is 0 Å². The number of hydrogen-bond acceptors (Lipinski definition) is 9. The Morgan fingerprint density at radius 2 is 2.04 bits per heavy atom. The lowest BCUT2D eigenvalue weighted by Crippen LogP contribution is -2.74. The minimum Gasteiger partial charge on any atom is -0.493 e. The first-order chi connectivity index (χ1) is 13.0. The molecule has 1 saturated heterocycles. The van der Waals surface area contributed by atoms with E-state index in [9.17, 15) is 9.90 Å². The molecule has 9 nitrogen and oxygen atoms in total. The molecule has 2 aliphatic carbocycles. The number of piperidine rings is 1. The lowest BCUT2D eigenvalue weighted by molar-refractivity contribution is -1.92. The van der Waals surface area contributed by atoms with Crippen LogP contribution in [0, 0.1) is 10.2 Å². The third-order valence-corrected chi connectivity index (χ3v) is 6.34. The van der Waals surface area contributed by atoms with Crippen LogP contribution in [0.2, 0.25) is 0 Å². The molecule has 0 radical (unpaired) electrons. The zero-order chi connectivity index (χ0) is 20.5. The van der Waals surface area contributed by atoms with Crippen molar-refractivity contribution in [3.63, 3.8) is 0 Å². The summed E-state index contributed by atoms with van der Waals surface area (Å²) in [5.41, 5.74) is 0.385. The molecular formula is C18H20ClNO8. The molecule has 10 heteroatoms. The zero-order valence-corrected chi connectivity index (χ0v) is 16.0. The minimum atomic E-state index is -4.69. The molecule has 0 amide bonds. The highest BCUT2D eigenvalue weighted by molar-refractivity contribution is 5.99. The Balaban J connectivity index is 0.000000346.